The fourth-order valence-electron chi connectivity index (χ4n) is 7.95. The van der Waals surface area contributed by atoms with Gasteiger partial charge in [-0.05, 0) is 91.9 Å². The molecule has 1 aromatic heterocycles. The lowest BCUT2D eigenvalue weighted by Crippen LogP contribution is -2.53. The molecule has 0 bridgehead atoms. The van der Waals surface area contributed by atoms with Gasteiger partial charge in [0, 0.05) is 21.6 Å². The number of thiophene rings is 1. The SMILES string of the molecule is Cc1cc2c(s1)C=C1C=C[C@@H]3[C@H](CC[C@@]4(C)[C@H]3CC[C@@]43CCC(=O)O3)[C@@]1(C)C2. The predicted molar refractivity (Wildman–Crippen MR) is 113 cm³/mol. The zero-order valence-electron chi connectivity index (χ0n) is 17.2. The van der Waals surface area contributed by atoms with Crippen LogP contribution in [0.15, 0.2) is 23.8 Å². The van der Waals surface area contributed by atoms with Gasteiger partial charge in [0.1, 0.15) is 5.60 Å². The minimum absolute atomic E-state index is 0.0352. The molecule has 1 aromatic rings. The van der Waals surface area contributed by atoms with Crippen molar-refractivity contribution < 1.29 is 9.53 Å². The minimum atomic E-state index is -0.172. The first-order valence-corrected chi connectivity index (χ1v) is 11.9. The lowest BCUT2D eigenvalue weighted by atomic mass is 9.48. The molecule has 0 radical (unpaired) electrons. The molecule has 1 spiro atoms. The van der Waals surface area contributed by atoms with Gasteiger partial charge in [-0.1, -0.05) is 26.0 Å². The molecule has 5 aliphatic rings. The maximum Gasteiger partial charge on any atom is 0.306 e. The largest absolute Gasteiger partial charge is 0.458 e. The van der Waals surface area contributed by atoms with Crippen LogP contribution in [-0.2, 0) is 16.0 Å². The Morgan fingerprint density at radius 3 is 2.75 bits per heavy atom. The Kier molecular flexibility index (Phi) is 3.38. The van der Waals surface area contributed by atoms with Crippen LogP contribution in [0.2, 0.25) is 0 Å². The molecule has 4 aliphatic carbocycles. The van der Waals surface area contributed by atoms with E-state index < -0.39 is 0 Å². The molecule has 2 saturated carbocycles. The summed E-state index contributed by atoms with van der Waals surface area (Å²) in [6.45, 7) is 7.21. The molecular formula is C25H30O2S. The molecule has 28 heavy (non-hydrogen) atoms. The van der Waals surface area contributed by atoms with E-state index in [0.717, 1.165) is 12.8 Å². The van der Waals surface area contributed by atoms with E-state index in [4.69, 9.17) is 4.74 Å². The third-order valence-corrected chi connectivity index (χ3v) is 10.5. The van der Waals surface area contributed by atoms with Crippen LogP contribution in [0.25, 0.3) is 6.08 Å². The van der Waals surface area contributed by atoms with Crippen LogP contribution >= 0.6 is 11.3 Å². The summed E-state index contributed by atoms with van der Waals surface area (Å²) in [5.41, 5.74) is 3.34. The van der Waals surface area contributed by atoms with Crippen molar-refractivity contribution in [1.82, 2.24) is 0 Å². The molecule has 1 aliphatic heterocycles. The number of esters is 1. The summed E-state index contributed by atoms with van der Waals surface area (Å²) in [4.78, 5) is 14.9. The zero-order valence-corrected chi connectivity index (χ0v) is 18.0. The quantitative estimate of drug-likeness (QED) is 0.498. The van der Waals surface area contributed by atoms with Crippen LogP contribution in [0.5, 0.6) is 0 Å². The van der Waals surface area contributed by atoms with Crippen molar-refractivity contribution in [1.29, 1.82) is 0 Å². The number of hydrogen-bond acceptors (Lipinski definition) is 3. The second kappa shape index (κ2) is 5.41. The van der Waals surface area contributed by atoms with Gasteiger partial charge in [0.25, 0.3) is 0 Å². The normalized spacial score (nSPS) is 45.9. The first-order valence-electron chi connectivity index (χ1n) is 11.1. The lowest BCUT2D eigenvalue weighted by Gasteiger charge is -2.57. The molecule has 3 fully saturated rings. The summed E-state index contributed by atoms with van der Waals surface area (Å²) < 4.78 is 6.07. The topological polar surface area (TPSA) is 26.3 Å². The number of allylic oxidation sites excluding steroid dienone is 3. The summed E-state index contributed by atoms with van der Waals surface area (Å²) >= 11 is 1.94. The first-order chi connectivity index (χ1) is 13.3. The zero-order chi connectivity index (χ0) is 19.3. The molecule has 0 aromatic carbocycles. The van der Waals surface area contributed by atoms with Gasteiger partial charge in [0.15, 0.2) is 0 Å². The summed E-state index contributed by atoms with van der Waals surface area (Å²) in [7, 11) is 0. The van der Waals surface area contributed by atoms with Crippen LogP contribution in [0.3, 0.4) is 0 Å². The van der Waals surface area contributed by atoms with Gasteiger partial charge in [-0.3, -0.25) is 4.79 Å². The summed E-state index contributed by atoms with van der Waals surface area (Å²) in [5.74, 6) is 2.02. The standard InChI is InChI=1S/C25H30O2S/c1-15-12-16-14-23(2)17(13-21(16)28-15)4-5-18-19(23)6-9-24(3)20(18)7-10-25(24)11-8-22(26)27-25/h4-5,12-13,18-20H,6-11,14H2,1-3H3/t18-,19+,20+,23+,24+,25-/m1/s1. The van der Waals surface area contributed by atoms with Gasteiger partial charge in [0.2, 0.25) is 0 Å². The highest BCUT2D eigenvalue weighted by atomic mass is 32.1. The average molecular weight is 395 g/mol. The number of fused-ring (bicyclic) bond motifs is 7. The fourth-order valence-corrected chi connectivity index (χ4v) is 8.95. The van der Waals surface area contributed by atoms with E-state index in [1.54, 1.807) is 11.1 Å². The maximum atomic E-state index is 12.0. The minimum Gasteiger partial charge on any atom is -0.458 e. The molecule has 0 amide bonds. The highest BCUT2D eigenvalue weighted by Gasteiger charge is 2.66. The van der Waals surface area contributed by atoms with Crippen molar-refractivity contribution in [3.8, 4) is 0 Å². The van der Waals surface area contributed by atoms with E-state index in [2.05, 4.69) is 45.1 Å². The van der Waals surface area contributed by atoms with E-state index in [1.165, 1.54) is 35.4 Å². The molecule has 0 N–H and O–H groups in total. The maximum absolute atomic E-state index is 12.0. The summed E-state index contributed by atoms with van der Waals surface area (Å²) in [5, 5.41) is 0. The second-order valence-electron chi connectivity index (χ2n) is 10.6. The number of rotatable bonds is 0. The smallest absolute Gasteiger partial charge is 0.306 e. The highest BCUT2D eigenvalue weighted by molar-refractivity contribution is 7.13. The Morgan fingerprint density at radius 1 is 1.14 bits per heavy atom. The van der Waals surface area contributed by atoms with Crippen molar-refractivity contribution in [3.05, 3.63) is 39.1 Å². The van der Waals surface area contributed by atoms with Crippen molar-refractivity contribution in [2.75, 3.05) is 0 Å². The Balaban J connectivity index is 1.39. The molecular weight excluding hydrogens is 364 g/mol. The number of ether oxygens (including phenoxy) is 1. The van der Waals surface area contributed by atoms with E-state index in [0.29, 0.717) is 24.2 Å². The van der Waals surface area contributed by atoms with Gasteiger partial charge >= 0.3 is 5.97 Å². The van der Waals surface area contributed by atoms with E-state index in [1.807, 2.05) is 11.3 Å². The molecule has 2 heterocycles. The Labute approximate surface area is 172 Å². The van der Waals surface area contributed by atoms with Crippen molar-refractivity contribution in [2.24, 2.45) is 28.6 Å². The third kappa shape index (κ3) is 2.02. The summed E-state index contributed by atoms with van der Waals surface area (Å²) in [6, 6.07) is 2.42. The van der Waals surface area contributed by atoms with Gasteiger partial charge in [-0.25, -0.2) is 0 Å². The van der Waals surface area contributed by atoms with Crippen LogP contribution < -0.4 is 0 Å². The van der Waals surface area contributed by atoms with Crippen LogP contribution in [0, 0.1) is 35.5 Å². The lowest BCUT2D eigenvalue weighted by molar-refractivity contribution is -0.165. The van der Waals surface area contributed by atoms with Crippen molar-refractivity contribution in [3.63, 3.8) is 0 Å². The van der Waals surface area contributed by atoms with Gasteiger partial charge in [0.05, 0.1) is 0 Å². The van der Waals surface area contributed by atoms with E-state index in [-0.39, 0.29) is 22.4 Å². The van der Waals surface area contributed by atoms with Crippen LogP contribution in [-0.4, -0.2) is 11.6 Å². The molecule has 6 rings (SSSR count). The number of carbonyl (C=O) groups excluding carboxylic acids is 1. The summed E-state index contributed by atoms with van der Waals surface area (Å²) in [6.07, 6.45) is 15.0. The number of aryl methyl sites for hydroxylation is 1. The average Bonchev–Trinajstić information content (AvgIpc) is 3.28. The van der Waals surface area contributed by atoms with Crippen molar-refractivity contribution >= 4 is 23.4 Å². The van der Waals surface area contributed by atoms with Gasteiger partial charge in [-0.2, -0.15) is 0 Å². The van der Waals surface area contributed by atoms with Crippen LogP contribution in [0.1, 0.15) is 67.7 Å². The monoisotopic (exact) mass is 394 g/mol. The molecule has 0 unspecified atom stereocenters. The third-order valence-electron chi connectivity index (χ3n) is 9.45. The Morgan fingerprint density at radius 2 is 1.96 bits per heavy atom. The number of carbonyl (C=O) groups is 1. The second-order valence-corrected chi connectivity index (χ2v) is 11.8. The van der Waals surface area contributed by atoms with Gasteiger partial charge in [-0.15, -0.1) is 11.3 Å². The first kappa shape index (κ1) is 17.5. The highest BCUT2D eigenvalue weighted by Crippen LogP contribution is 2.68. The fraction of sp³-hybridized carbons (Fsp3) is 0.640. The molecule has 6 atom stereocenters. The van der Waals surface area contributed by atoms with Crippen molar-refractivity contribution in [2.45, 2.75) is 71.3 Å². The number of hydrogen-bond donors (Lipinski definition) is 0. The predicted octanol–water partition coefficient (Wildman–Crippen LogP) is 6.09. The Bertz CT molecular complexity index is 938. The van der Waals surface area contributed by atoms with E-state index in [9.17, 15) is 4.79 Å². The molecule has 3 heteroatoms. The van der Waals surface area contributed by atoms with E-state index >= 15 is 0 Å². The van der Waals surface area contributed by atoms with Crippen LogP contribution in [0.4, 0.5) is 0 Å². The van der Waals surface area contributed by atoms with Gasteiger partial charge < -0.3 is 4.74 Å². The molecule has 2 nitrogen and oxygen atoms in total. The molecule has 1 saturated heterocycles. The Hall–Kier alpha value is -1.35. The molecule has 148 valence electrons.